The molecule has 2 rings (SSSR count). The first-order chi connectivity index (χ1) is 10.4. The summed E-state index contributed by atoms with van der Waals surface area (Å²) in [4.78, 5) is 10.5. The van der Waals surface area contributed by atoms with Crippen LogP contribution < -0.4 is 5.32 Å². The Morgan fingerprint density at radius 2 is 2.18 bits per heavy atom. The van der Waals surface area contributed by atoms with Gasteiger partial charge in [-0.2, -0.15) is 4.31 Å². The Balaban J connectivity index is 2.38. The number of sulfonamides is 1. The number of nitrogens with one attached hydrogen (secondary N) is 1. The number of hydrogen-bond donors (Lipinski definition) is 1. The van der Waals surface area contributed by atoms with Crippen LogP contribution in [0.4, 0.5) is 5.69 Å². The van der Waals surface area contributed by atoms with Gasteiger partial charge in [0.1, 0.15) is 0 Å². The Morgan fingerprint density at radius 1 is 1.45 bits per heavy atom. The molecule has 0 aliphatic carbocycles. The minimum absolute atomic E-state index is 0.0551. The minimum atomic E-state index is -3.64. The van der Waals surface area contributed by atoms with Gasteiger partial charge in [0.05, 0.1) is 9.82 Å². The quantitative estimate of drug-likeness (QED) is 0.634. The number of aryl methyl sites for hydroxylation is 1. The molecule has 7 nitrogen and oxygen atoms in total. The van der Waals surface area contributed by atoms with Crippen LogP contribution in [0.25, 0.3) is 0 Å². The van der Waals surface area contributed by atoms with Gasteiger partial charge < -0.3 is 5.32 Å². The van der Waals surface area contributed by atoms with Crippen molar-refractivity contribution >= 4 is 15.7 Å². The van der Waals surface area contributed by atoms with Crippen LogP contribution in [0.15, 0.2) is 23.1 Å². The first kappa shape index (κ1) is 16.9. The first-order valence-electron chi connectivity index (χ1n) is 7.35. The van der Waals surface area contributed by atoms with Crippen molar-refractivity contribution in [3.05, 3.63) is 33.9 Å². The van der Waals surface area contributed by atoms with E-state index in [1.54, 1.807) is 6.92 Å². The Kier molecular flexibility index (Phi) is 5.15. The van der Waals surface area contributed by atoms with Crippen LogP contribution in [0.2, 0.25) is 0 Å². The summed E-state index contributed by atoms with van der Waals surface area (Å²) in [5.74, 6) is 0. The Labute approximate surface area is 130 Å². The SMILES string of the molecule is CCCN(C1CCNC1)S(=O)(=O)c1ccc([N+](=O)[O-])c(C)c1. The summed E-state index contributed by atoms with van der Waals surface area (Å²) < 4.78 is 27.3. The second-order valence-electron chi connectivity index (χ2n) is 5.47. The molecule has 1 aliphatic rings. The third-order valence-electron chi connectivity index (χ3n) is 3.86. The van der Waals surface area contributed by atoms with Gasteiger partial charge in [-0.3, -0.25) is 10.1 Å². The van der Waals surface area contributed by atoms with Crippen molar-refractivity contribution in [1.82, 2.24) is 9.62 Å². The smallest absolute Gasteiger partial charge is 0.272 e. The minimum Gasteiger partial charge on any atom is -0.315 e. The first-order valence-corrected chi connectivity index (χ1v) is 8.79. The van der Waals surface area contributed by atoms with Crippen molar-refractivity contribution in [2.75, 3.05) is 19.6 Å². The molecule has 1 N–H and O–H groups in total. The maximum Gasteiger partial charge on any atom is 0.272 e. The molecule has 0 saturated carbocycles. The fraction of sp³-hybridized carbons (Fsp3) is 0.571. The zero-order valence-electron chi connectivity index (χ0n) is 12.8. The van der Waals surface area contributed by atoms with Crippen LogP contribution in [0.3, 0.4) is 0 Å². The Hall–Kier alpha value is -1.51. The summed E-state index contributed by atoms with van der Waals surface area (Å²) in [6.07, 6.45) is 1.51. The lowest BCUT2D eigenvalue weighted by molar-refractivity contribution is -0.385. The van der Waals surface area contributed by atoms with Crippen molar-refractivity contribution in [3.63, 3.8) is 0 Å². The summed E-state index contributed by atoms with van der Waals surface area (Å²) in [6.45, 7) is 5.39. The maximum atomic E-state index is 12.9. The third-order valence-corrected chi connectivity index (χ3v) is 5.80. The van der Waals surface area contributed by atoms with Gasteiger partial charge in [-0.05, 0) is 38.4 Å². The van der Waals surface area contributed by atoms with E-state index in [-0.39, 0.29) is 16.6 Å². The lowest BCUT2D eigenvalue weighted by Crippen LogP contribution is -2.42. The number of rotatable bonds is 6. The summed E-state index contributed by atoms with van der Waals surface area (Å²) in [5, 5.41) is 14.0. The Morgan fingerprint density at radius 3 is 2.68 bits per heavy atom. The zero-order chi connectivity index (χ0) is 16.3. The van der Waals surface area contributed by atoms with Crippen LogP contribution in [0, 0.1) is 17.0 Å². The Bertz CT molecular complexity index is 654. The second kappa shape index (κ2) is 6.72. The molecule has 1 aliphatic heterocycles. The van der Waals surface area contributed by atoms with Crippen LogP contribution in [-0.4, -0.2) is 43.3 Å². The average molecular weight is 327 g/mol. The van der Waals surface area contributed by atoms with Crippen LogP contribution in [0.5, 0.6) is 0 Å². The molecule has 1 aromatic carbocycles. The summed E-state index contributed by atoms with van der Waals surface area (Å²) >= 11 is 0. The van der Waals surface area contributed by atoms with Crippen molar-refractivity contribution < 1.29 is 13.3 Å². The number of hydrogen-bond acceptors (Lipinski definition) is 5. The molecule has 22 heavy (non-hydrogen) atoms. The lowest BCUT2D eigenvalue weighted by Gasteiger charge is -2.27. The molecule has 0 bridgehead atoms. The molecule has 1 heterocycles. The highest BCUT2D eigenvalue weighted by atomic mass is 32.2. The fourth-order valence-electron chi connectivity index (χ4n) is 2.73. The van der Waals surface area contributed by atoms with Gasteiger partial charge >= 0.3 is 0 Å². The van der Waals surface area contributed by atoms with E-state index in [4.69, 9.17) is 0 Å². The molecular formula is C14H21N3O4S. The highest BCUT2D eigenvalue weighted by Crippen LogP contribution is 2.26. The number of nitro groups is 1. The normalized spacial score (nSPS) is 18.8. The van der Waals surface area contributed by atoms with Crippen LogP contribution in [-0.2, 0) is 10.0 Å². The van der Waals surface area contributed by atoms with E-state index in [2.05, 4.69) is 5.32 Å². The second-order valence-corrected chi connectivity index (χ2v) is 7.36. The van der Waals surface area contributed by atoms with Crippen LogP contribution in [0.1, 0.15) is 25.3 Å². The van der Waals surface area contributed by atoms with E-state index in [1.165, 1.54) is 22.5 Å². The number of nitrogens with zero attached hydrogens (tertiary/aromatic N) is 2. The molecule has 0 radical (unpaired) electrons. The highest BCUT2D eigenvalue weighted by molar-refractivity contribution is 7.89. The molecular weight excluding hydrogens is 306 g/mol. The van der Waals surface area contributed by atoms with Gasteiger partial charge in [0, 0.05) is 30.8 Å². The number of nitro benzene ring substituents is 1. The van der Waals surface area contributed by atoms with Gasteiger partial charge in [0.25, 0.3) is 5.69 Å². The predicted octanol–water partition coefficient (Wildman–Crippen LogP) is 1.67. The topological polar surface area (TPSA) is 92.6 Å². The van der Waals surface area contributed by atoms with Crippen molar-refractivity contribution in [1.29, 1.82) is 0 Å². The molecule has 1 saturated heterocycles. The number of benzene rings is 1. The molecule has 8 heteroatoms. The van der Waals surface area contributed by atoms with E-state index >= 15 is 0 Å². The zero-order valence-corrected chi connectivity index (χ0v) is 13.6. The van der Waals surface area contributed by atoms with E-state index < -0.39 is 14.9 Å². The predicted molar refractivity (Wildman–Crippen MR) is 83.3 cm³/mol. The van der Waals surface area contributed by atoms with Gasteiger partial charge in [0.2, 0.25) is 10.0 Å². The molecule has 0 aromatic heterocycles. The molecule has 1 atom stereocenters. The third kappa shape index (κ3) is 3.29. The monoisotopic (exact) mass is 327 g/mol. The highest BCUT2D eigenvalue weighted by Gasteiger charge is 2.33. The standard InChI is InChI=1S/C14H21N3O4S/c1-3-8-16(12-6-7-15-10-12)22(20,21)13-4-5-14(17(18)19)11(2)9-13/h4-5,9,12,15H,3,6-8,10H2,1-2H3. The largest absolute Gasteiger partial charge is 0.315 e. The van der Waals surface area contributed by atoms with E-state index in [0.717, 1.165) is 19.4 Å². The van der Waals surface area contributed by atoms with E-state index in [0.29, 0.717) is 18.7 Å². The molecule has 0 amide bonds. The van der Waals surface area contributed by atoms with Gasteiger partial charge in [0.15, 0.2) is 0 Å². The van der Waals surface area contributed by atoms with Gasteiger partial charge in [-0.1, -0.05) is 6.92 Å². The van der Waals surface area contributed by atoms with Gasteiger partial charge in [-0.25, -0.2) is 8.42 Å². The van der Waals surface area contributed by atoms with Gasteiger partial charge in [-0.15, -0.1) is 0 Å². The summed E-state index contributed by atoms with van der Waals surface area (Å²) in [7, 11) is -3.64. The molecule has 1 unspecified atom stereocenters. The van der Waals surface area contributed by atoms with E-state index in [9.17, 15) is 18.5 Å². The van der Waals surface area contributed by atoms with Crippen molar-refractivity contribution in [2.24, 2.45) is 0 Å². The molecule has 1 fully saturated rings. The maximum absolute atomic E-state index is 12.9. The molecule has 122 valence electrons. The lowest BCUT2D eigenvalue weighted by atomic mass is 10.2. The summed E-state index contributed by atoms with van der Waals surface area (Å²) in [6, 6.07) is 3.92. The van der Waals surface area contributed by atoms with Crippen LogP contribution >= 0.6 is 0 Å². The van der Waals surface area contributed by atoms with Crippen molar-refractivity contribution in [3.8, 4) is 0 Å². The van der Waals surface area contributed by atoms with Crippen molar-refractivity contribution in [2.45, 2.75) is 37.6 Å². The molecule has 1 aromatic rings. The fourth-order valence-corrected chi connectivity index (χ4v) is 4.57. The average Bonchev–Trinajstić information content (AvgIpc) is 2.97. The molecule has 0 spiro atoms. The summed E-state index contributed by atoms with van der Waals surface area (Å²) in [5.41, 5.74) is 0.288. The van der Waals surface area contributed by atoms with E-state index in [1.807, 2.05) is 6.92 Å².